The molecule has 224 valence electrons. The lowest BCUT2D eigenvalue weighted by molar-refractivity contribution is -0.123. The Labute approximate surface area is 246 Å². The summed E-state index contributed by atoms with van der Waals surface area (Å²) in [6.07, 6.45) is 0.737. The van der Waals surface area contributed by atoms with Crippen molar-refractivity contribution in [2.75, 3.05) is 30.8 Å². The van der Waals surface area contributed by atoms with Gasteiger partial charge in [0.1, 0.15) is 11.7 Å². The maximum atomic E-state index is 13.2. The second-order valence-electron chi connectivity index (χ2n) is 10.8. The van der Waals surface area contributed by atoms with Crippen LogP contribution < -0.4 is 16.4 Å². The molecule has 11 heteroatoms. The van der Waals surface area contributed by atoms with Gasteiger partial charge in [0.15, 0.2) is 0 Å². The number of hydrogen-bond donors (Lipinski definition) is 3. The van der Waals surface area contributed by atoms with E-state index in [1.807, 2.05) is 60.7 Å². The number of hydrogen-bond acceptors (Lipinski definition) is 6. The van der Waals surface area contributed by atoms with Gasteiger partial charge in [0.05, 0.1) is 6.54 Å². The molecule has 1 heterocycles. The highest BCUT2D eigenvalue weighted by atomic mass is 32.2. The van der Waals surface area contributed by atoms with E-state index in [4.69, 9.17) is 5.73 Å². The van der Waals surface area contributed by atoms with E-state index < -0.39 is 33.8 Å². The van der Waals surface area contributed by atoms with Crippen LogP contribution in [0.15, 0.2) is 84.9 Å². The van der Waals surface area contributed by atoms with E-state index >= 15 is 0 Å². The Kier molecular flexibility index (Phi) is 10.8. The van der Waals surface area contributed by atoms with Gasteiger partial charge in [-0.3, -0.25) is 14.5 Å². The Hall–Kier alpha value is -3.64. The molecular weight excluding hydrogens is 557 g/mol. The SMILES string of the molecule is C[C@H](C[C@H](N)[C@H](Cc1ccccc1)NC(=O)CN1CCN(Cc2ccccc2)S(=O)(=O)C1)C(=O)Nc1ccc(F)cc1. The Bertz CT molecular complexity index is 1420. The number of nitrogens with one attached hydrogen (secondary N) is 2. The topological polar surface area (TPSA) is 125 Å². The zero-order valence-corrected chi connectivity index (χ0v) is 24.5. The molecule has 3 aromatic carbocycles. The fraction of sp³-hybridized carbons (Fsp3) is 0.355. The second kappa shape index (κ2) is 14.5. The molecule has 1 aliphatic rings. The van der Waals surface area contributed by atoms with Crippen molar-refractivity contribution in [3.63, 3.8) is 0 Å². The molecule has 0 aromatic heterocycles. The van der Waals surface area contributed by atoms with Crippen LogP contribution >= 0.6 is 0 Å². The zero-order valence-electron chi connectivity index (χ0n) is 23.7. The number of anilines is 1. The molecule has 0 radical (unpaired) electrons. The van der Waals surface area contributed by atoms with Gasteiger partial charge in [-0.15, -0.1) is 0 Å². The molecule has 0 spiro atoms. The molecule has 2 amide bonds. The van der Waals surface area contributed by atoms with Crippen molar-refractivity contribution >= 4 is 27.5 Å². The molecule has 0 bridgehead atoms. The first-order valence-electron chi connectivity index (χ1n) is 14.0. The summed E-state index contributed by atoms with van der Waals surface area (Å²) < 4.78 is 40.6. The molecule has 1 saturated heterocycles. The first-order chi connectivity index (χ1) is 20.1. The van der Waals surface area contributed by atoms with Crippen LogP contribution in [-0.2, 0) is 32.6 Å². The monoisotopic (exact) mass is 595 g/mol. The molecule has 1 fully saturated rings. The van der Waals surface area contributed by atoms with Crippen LogP contribution in [0.2, 0.25) is 0 Å². The smallest absolute Gasteiger partial charge is 0.234 e. The van der Waals surface area contributed by atoms with E-state index in [0.29, 0.717) is 25.2 Å². The average Bonchev–Trinajstić information content (AvgIpc) is 2.96. The zero-order chi connectivity index (χ0) is 30.1. The van der Waals surface area contributed by atoms with E-state index in [9.17, 15) is 22.4 Å². The summed E-state index contributed by atoms with van der Waals surface area (Å²) >= 11 is 0. The van der Waals surface area contributed by atoms with Crippen molar-refractivity contribution in [2.24, 2.45) is 11.7 Å². The van der Waals surface area contributed by atoms with Gasteiger partial charge < -0.3 is 16.4 Å². The Morgan fingerprint density at radius 3 is 2.17 bits per heavy atom. The van der Waals surface area contributed by atoms with Crippen LogP contribution in [0, 0.1) is 11.7 Å². The fourth-order valence-electron chi connectivity index (χ4n) is 4.97. The van der Waals surface area contributed by atoms with Crippen LogP contribution in [0.3, 0.4) is 0 Å². The average molecular weight is 596 g/mol. The van der Waals surface area contributed by atoms with Gasteiger partial charge in [-0.2, -0.15) is 4.31 Å². The van der Waals surface area contributed by atoms with E-state index in [2.05, 4.69) is 10.6 Å². The fourth-order valence-corrected chi connectivity index (χ4v) is 6.52. The minimum atomic E-state index is -3.57. The molecule has 1 aliphatic heterocycles. The van der Waals surface area contributed by atoms with Crippen LogP contribution in [0.4, 0.5) is 10.1 Å². The third-order valence-corrected chi connectivity index (χ3v) is 9.11. The molecule has 4 rings (SSSR count). The Morgan fingerprint density at radius 1 is 0.929 bits per heavy atom. The second-order valence-corrected chi connectivity index (χ2v) is 12.7. The van der Waals surface area contributed by atoms with Gasteiger partial charge in [0.2, 0.25) is 21.8 Å². The van der Waals surface area contributed by atoms with Crippen molar-refractivity contribution in [3.05, 3.63) is 102 Å². The number of carbonyl (C=O) groups is 2. The lowest BCUT2D eigenvalue weighted by Crippen LogP contribution is -2.55. The summed E-state index contributed by atoms with van der Waals surface area (Å²) in [4.78, 5) is 27.6. The largest absolute Gasteiger partial charge is 0.350 e. The van der Waals surface area contributed by atoms with E-state index in [0.717, 1.165) is 11.1 Å². The maximum Gasteiger partial charge on any atom is 0.234 e. The standard InChI is InChI=1S/C31H38FN5O4S/c1-23(31(39)34-27-14-12-26(32)13-15-27)18-28(33)29(19-24-8-4-2-5-9-24)35-30(38)21-36-16-17-37(42(40,41)22-36)20-25-10-6-3-7-11-25/h2-15,23,28-29H,16-22,33H2,1H3,(H,34,39)(H,35,38)/t23-,28+,29+/m1/s1. The van der Waals surface area contributed by atoms with Crippen LogP contribution in [0.5, 0.6) is 0 Å². The number of sulfonamides is 1. The molecular formula is C31H38FN5O4S. The number of rotatable bonds is 12. The summed E-state index contributed by atoms with van der Waals surface area (Å²) in [5.41, 5.74) is 8.93. The number of benzene rings is 3. The number of halogens is 1. The van der Waals surface area contributed by atoms with Gasteiger partial charge in [-0.1, -0.05) is 67.6 Å². The number of nitrogens with zero attached hydrogens (tertiary/aromatic N) is 2. The Morgan fingerprint density at radius 2 is 1.55 bits per heavy atom. The van der Waals surface area contributed by atoms with E-state index in [1.54, 1.807) is 11.8 Å². The quantitative estimate of drug-likeness (QED) is 0.296. The van der Waals surface area contributed by atoms with Gasteiger partial charge in [0, 0.05) is 43.3 Å². The van der Waals surface area contributed by atoms with Crippen molar-refractivity contribution < 1.29 is 22.4 Å². The number of nitrogens with two attached hydrogens (primary N) is 1. The minimum absolute atomic E-state index is 0.0863. The van der Waals surface area contributed by atoms with Gasteiger partial charge in [-0.25, -0.2) is 12.8 Å². The summed E-state index contributed by atoms with van der Waals surface area (Å²) in [6, 6.07) is 23.4. The third kappa shape index (κ3) is 9.18. The Balaban J connectivity index is 1.35. The highest BCUT2D eigenvalue weighted by Crippen LogP contribution is 2.17. The van der Waals surface area contributed by atoms with Gasteiger partial charge >= 0.3 is 0 Å². The van der Waals surface area contributed by atoms with Crippen molar-refractivity contribution in [3.8, 4) is 0 Å². The lowest BCUT2D eigenvalue weighted by atomic mass is 9.92. The normalized spacial score (nSPS) is 17.6. The van der Waals surface area contributed by atoms with Crippen LogP contribution in [0.1, 0.15) is 24.5 Å². The summed E-state index contributed by atoms with van der Waals surface area (Å²) in [5.74, 6) is -1.72. The maximum absolute atomic E-state index is 13.2. The third-order valence-electron chi connectivity index (χ3n) is 7.32. The molecule has 4 N–H and O–H groups in total. The molecule has 3 aromatic rings. The highest BCUT2D eigenvalue weighted by molar-refractivity contribution is 7.89. The molecule has 9 nitrogen and oxygen atoms in total. The van der Waals surface area contributed by atoms with E-state index in [1.165, 1.54) is 28.6 Å². The summed E-state index contributed by atoms with van der Waals surface area (Å²) in [6.45, 7) is 2.68. The predicted octanol–water partition coefficient (Wildman–Crippen LogP) is 2.95. The lowest BCUT2D eigenvalue weighted by Gasteiger charge is -2.34. The van der Waals surface area contributed by atoms with Crippen LogP contribution in [-0.4, -0.2) is 67.0 Å². The van der Waals surface area contributed by atoms with Gasteiger partial charge in [-0.05, 0) is 48.2 Å². The molecule has 42 heavy (non-hydrogen) atoms. The van der Waals surface area contributed by atoms with Crippen molar-refractivity contribution in [1.29, 1.82) is 0 Å². The van der Waals surface area contributed by atoms with Crippen molar-refractivity contribution in [1.82, 2.24) is 14.5 Å². The molecule has 0 aliphatic carbocycles. The summed E-state index contributed by atoms with van der Waals surface area (Å²) in [5, 5.41) is 5.77. The minimum Gasteiger partial charge on any atom is -0.350 e. The number of carbonyl (C=O) groups excluding carboxylic acids is 2. The molecule has 0 saturated carbocycles. The first kappa shape index (κ1) is 31.3. The molecule has 3 atom stereocenters. The highest BCUT2D eigenvalue weighted by Gasteiger charge is 2.32. The van der Waals surface area contributed by atoms with E-state index in [-0.39, 0.29) is 37.2 Å². The van der Waals surface area contributed by atoms with Crippen molar-refractivity contribution in [2.45, 2.75) is 38.4 Å². The van der Waals surface area contributed by atoms with Crippen LogP contribution in [0.25, 0.3) is 0 Å². The summed E-state index contributed by atoms with van der Waals surface area (Å²) in [7, 11) is -3.57. The predicted molar refractivity (Wildman–Crippen MR) is 161 cm³/mol. The number of amides is 2. The molecule has 0 unspecified atom stereocenters. The van der Waals surface area contributed by atoms with Gasteiger partial charge in [0.25, 0.3) is 0 Å². The first-order valence-corrected chi connectivity index (χ1v) is 15.6.